The fraction of sp³-hybridized carbons (Fsp3) is 0.512. The molecule has 2 bridgehead atoms. The molecule has 1 amide bonds. The van der Waals surface area contributed by atoms with Crippen LogP contribution >= 0.6 is 11.6 Å². The Kier molecular flexibility index (Phi) is 8.74. The molecule has 13 heteroatoms. The maximum absolute atomic E-state index is 17.0. The van der Waals surface area contributed by atoms with Crippen LogP contribution < -0.4 is 9.64 Å². The van der Waals surface area contributed by atoms with E-state index >= 15 is 4.39 Å². The van der Waals surface area contributed by atoms with Crippen LogP contribution in [0.3, 0.4) is 0 Å². The lowest BCUT2D eigenvalue weighted by Crippen LogP contribution is -2.72. The second-order valence-electron chi connectivity index (χ2n) is 16.0. The van der Waals surface area contributed by atoms with Gasteiger partial charge in [0.25, 0.3) is 0 Å². The van der Waals surface area contributed by atoms with Crippen molar-refractivity contribution in [2.75, 3.05) is 77.2 Å². The third kappa shape index (κ3) is 5.75. The summed E-state index contributed by atoms with van der Waals surface area (Å²) in [7, 11) is 0. The number of ether oxygens (including phenoxy) is 3. The van der Waals surface area contributed by atoms with Gasteiger partial charge in [-0.15, -0.1) is 0 Å². The number of amides is 1. The Balaban J connectivity index is 0.977. The highest BCUT2D eigenvalue weighted by atomic mass is 35.5. The molecule has 0 aliphatic carbocycles. The fourth-order valence-corrected chi connectivity index (χ4v) is 10.4. The van der Waals surface area contributed by atoms with Crippen LogP contribution in [0.2, 0.25) is 5.02 Å². The van der Waals surface area contributed by atoms with Crippen molar-refractivity contribution >= 4 is 45.0 Å². The van der Waals surface area contributed by atoms with Crippen molar-refractivity contribution in [1.29, 1.82) is 0 Å². The van der Waals surface area contributed by atoms with Gasteiger partial charge in [0.15, 0.2) is 5.82 Å². The van der Waals surface area contributed by atoms with E-state index in [1.807, 2.05) is 41.3 Å². The number of halogens is 2. The van der Waals surface area contributed by atoms with Crippen LogP contribution in [0.1, 0.15) is 38.5 Å². The molecule has 10 rings (SSSR count). The van der Waals surface area contributed by atoms with Crippen molar-refractivity contribution < 1.29 is 23.4 Å². The highest BCUT2D eigenvalue weighted by Gasteiger charge is 2.50. The van der Waals surface area contributed by atoms with Gasteiger partial charge in [0.1, 0.15) is 29.2 Å². The molecular weight excluding hydrogens is 709 g/mol. The second kappa shape index (κ2) is 13.7. The number of aromatic nitrogens is 3. The van der Waals surface area contributed by atoms with Crippen molar-refractivity contribution in [3.05, 3.63) is 65.6 Å². The summed E-state index contributed by atoms with van der Waals surface area (Å²) in [6, 6.07) is 12.4. The van der Waals surface area contributed by atoms with Gasteiger partial charge >= 0.3 is 6.01 Å². The first kappa shape index (κ1) is 34.5. The first-order valence-corrected chi connectivity index (χ1v) is 19.9. The molecule has 6 aliphatic heterocycles. The number of pyridine rings is 1. The van der Waals surface area contributed by atoms with Gasteiger partial charge in [-0.3, -0.25) is 19.6 Å². The van der Waals surface area contributed by atoms with Crippen molar-refractivity contribution in [2.24, 2.45) is 0 Å². The summed E-state index contributed by atoms with van der Waals surface area (Å²) >= 11 is 6.68. The summed E-state index contributed by atoms with van der Waals surface area (Å²) in [5, 5.41) is 2.65. The zero-order chi connectivity index (χ0) is 36.4. The van der Waals surface area contributed by atoms with Gasteiger partial charge in [-0.1, -0.05) is 48.0 Å². The summed E-state index contributed by atoms with van der Waals surface area (Å²) < 4.78 is 35.0. The first-order chi connectivity index (χ1) is 26.4. The Morgan fingerprint density at radius 1 is 1.00 bits per heavy atom. The summed E-state index contributed by atoms with van der Waals surface area (Å²) in [6.45, 7) is 7.15. The lowest BCUT2D eigenvalue weighted by molar-refractivity contribution is -0.164. The molecule has 1 unspecified atom stereocenters. The molecule has 282 valence electrons. The summed E-state index contributed by atoms with van der Waals surface area (Å²) in [6.07, 6.45) is 12.1. The van der Waals surface area contributed by atoms with E-state index in [-0.39, 0.29) is 28.7 Å². The average molecular weight is 754 g/mol. The van der Waals surface area contributed by atoms with E-state index in [0.717, 1.165) is 82.1 Å². The smallest absolute Gasteiger partial charge is 0.319 e. The summed E-state index contributed by atoms with van der Waals surface area (Å²) in [5.41, 5.74) is 0.347. The van der Waals surface area contributed by atoms with E-state index in [0.29, 0.717) is 73.3 Å². The van der Waals surface area contributed by atoms with E-state index in [9.17, 15) is 4.79 Å². The minimum Gasteiger partial charge on any atom is -0.461 e. The molecule has 0 radical (unpaired) electrons. The molecule has 2 aromatic heterocycles. The quantitative estimate of drug-likeness (QED) is 0.215. The number of anilines is 1. The third-order valence-electron chi connectivity index (χ3n) is 13.0. The predicted molar refractivity (Wildman–Crippen MR) is 204 cm³/mol. The van der Waals surface area contributed by atoms with Crippen molar-refractivity contribution in [2.45, 2.75) is 61.7 Å². The predicted octanol–water partition coefficient (Wildman–Crippen LogP) is 5.48. The van der Waals surface area contributed by atoms with E-state index in [1.54, 1.807) is 18.3 Å². The average Bonchev–Trinajstić information content (AvgIpc) is 3.82. The monoisotopic (exact) mass is 753 g/mol. The van der Waals surface area contributed by atoms with Crippen molar-refractivity contribution in [3.8, 4) is 17.3 Å². The van der Waals surface area contributed by atoms with Crippen LogP contribution in [0, 0.1) is 5.82 Å². The van der Waals surface area contributed by atoms with Gasteiger partial charge in [-0.25, -0.2) is 4.39 Å². The number of morpholine rings is 1. The molecule has 1 spiro atoms. The number of rotatable bonds is 8. The van der Waals surface area contributed by atoms with Gasteiger partial charge in [-0.05, 0) is 63.1 Å². The maximum Gasteiger partial charge on any atom is 0.319 e. The van der Waals surface area contributed by atoms with Gasteiger partial charge < -0.3 is 24.0 Å². The zero-order valence-corrected chi connectivity index (χ0v) is 31.1. The summed E-state index contributed by atoms with van der Waals surface area (Å²) in [4.78, 5) is 37.3. The van der Waals surface area contributed by atoms with Gasteiger partial charge in [-0.2, -0.15) is 9.97 Å². The lowest BCUT2D eigenvalue weighted by atomic mass is 9.91. The molecule has 2 aromatic carbocycles. The van der Waals surface area contributed by atoms with Gasteiger partial charge in [0.2, 0.25) is 5.91 Å². The molecule has 0 saturated carbocycles. The Bertz CT molecular complexity index is 2120. The molecular formula is C41H45ClFN7O4. The number of hydrogen-bond donors (Lipinski definition) is 0. The lowest BCUT2D eigenvalue weighted by Gasteiger charge is -2.55. The van der Waals surface area contributed by atoms with Crippen LogP contribution in [-0.4, -0.2) is 131 Å². The minimum absolute atomic E-state index is 0.0156. The summed E-state index contributed by atoms with van der Waals surface area (Å²) in [5.74, 6) is -0.0183. The number of piperazine rings is 1. The minimum atomic E-state index is -0.552. The van der Waals surface area contributed by atoms with E-state index in [4.69, 9.17) is 40.8 Å². The van der Waals surface area contributed by atoms with Crippen molar-refractivity contribution in [3.63, 3.8) is 0 Å². The topological polar surface area (TPSA) is 96.4 Å². The molecule has 6 aliphatic rings. The van der Waals surface area contributed by atoms with E-state index in [1.165, 1.54) is 0 Å². The molecule has 0 N–H and O–H groups in total. The Morgan fingerprint density at radius 3 is 2.54 bits per heavy atom. The highest BCUT2D eigenvalue weighted by Crippen LogP contribution is 2.41. The third-order valence-corrected chi connectivity index (χ3v) is 13.3. The van der Waals surface area contributed by atoms with Crippen LogP contribution in [-0.2, 0) is 14.3 Å². The van der Waals surface area contributed by atoms with E-state index < -0.39 is 11.4 Å². The number of carbonyl (C=O) groups is 1. The van der Waals surface area contributed by atoms with Crippen LogP contribution in [0.4, 0.5) is 10.2 Å². The molecule has 4 aromatic rings. The van der Waals surface area contributed by atoms with Crippen molar-refractivity contribution in [1.82, 2.24) is 29.7 Å². The number of carbonyl (C=O) groups excluding carboxylic acids is 1. The maximum atomic E-state index is 17.0. The molecule has 6 saturated heterocycles. The SMILES string of the molecule is O=C(/C=C/CN1C2CC[C@@H]1COC2)N1CCN(c2nc(OCC34CCCN3CCC4)nc3c(F)c(-c4cccc5cccc(Cl)c45)ncc23)CC12COC2. The molecule has 8 heterocycles. The Hall–Kier alpha value is -3.94. The molecule has 6 fully saturated rings. The molecule has 2 atom stereocenters. The molecule has 54 heavy (non-hydrogen) atoms. The normalized spacial score (nSPS) is 24.9. The first-order valence-electron chi connectivity index (χ1n) is 19.5. The standard InChI is InChI=1S/C41H45ClFN7O4/c42-32-9-2-7-27-6-1-8-30(34(27)32)36-35(43)37-31(20-44-36)38(46-39(45-37)54-26-40-13-4-15-48(40)16-5-14-40)47-18-19-50(41(23-47)24-53-25-41)33(51)10-3-17-49-28-11-12-29(49)22-52-21-28/h1-3,6-10,20,28-29H,4-5,11-19,21-26H2/b10-3+/t28-,29?/m1/s1. The number of fused-ring (bicyclic) bond motifs is 5. The van der Waals surface area contributed by atoms with Crippen LogP contribution in [0.15, 0.2) is 54.7 Å². The van der Waals surface area contributed by atoms with Crippen LogP contribution in [0.5, 0.6) is 6.01 Å². The fourth-order valence-electron chi connectivity index (χ4n) is 10.1. The molecule has 11 nitrogen and oxygen atoms in total. The highest BCUT2D eigenvalue weighted by molar-refractivity contribution is 6.36. The number of benzene rings is 2. The zero-order valence-electron chi connectivity index (χ0n) is 30.4. The van der Waals surface area contributed by atoms with Gasteiger partial charge in [0.05, 0.1) is 37.4 Å². The van der Waals surface area contributed by atoms with Gasteiger partial charge in [0, 0.05) is 66.5 Å². The second-order valence-corrected chi connectivity index (χ2v) is 16.4. The number of nitrogens with zero attached hydrogens (tertiary/aromatic N) is 7. The number of hydrogen-bond acceptors (Lipinski definition) is 10. The Morgan fingerprint density at radius 2 is 1.78 bits per heavy atom. The van der Waals surface area contributed by atoms with E-state index in [2.05, 4.69) is 14.7 Å². The van der Waals surface area contributed by atoms with Crippen LogP contribution in [0.25, 0.3) is 32.9 Å². The largest absolute Gasteiger partial charge is 0.461 e. The Labute approximate surface area is 319 Å².